The molecule has 0 radical (unpaired) electrons. The van der Waals surface area contributed by atoms with Gasteiger partial charge >= 0.3 is 5.51 Å². The van der Waals surface area contributed by atoms with Crippen molar-refractivity contribution in [1.82, 2.24) is 0 Å². The molecule has 1 heterocycles. The fourth-order valence-corrected chi connectivity index (χ4v) is 2.70. The van der Waals surface area contributed by atoms with E-state index in [1.54, 1.807) is 13.0 Å². The highest BCUT2D eigenvalue weighted by Crippen LogP contribution is 2.31. The summed E-state index contributed by atoms with van der Waals surface area (Å²) in [5.41, 5.74) is -1.71. The van der Waals surface area contributed by atoms with Crippen molar-refractivity contribution in [2.24, 2.45) is 4.99 Å². The van der Waals surface area contributed by atoms with Gasteiger partial charge in [0.25, 0.3) is 0 Å². The van der Waals surface area contributed by atoms with Crippen molar-refractivity contribution < 1.29 is 17.4 Å². The van der Waals surface area contributed by atoms with Gasteiger partial charge in [0, 0.05) is 16.2 Å². The number of allylic oxidation sites excluding steroid dienone is 1. The third-order valence-electron chi connectivity index (χ3n) is 3.06. The zero-order valence-electron chi connectivity index (χ0n) is 11.1. The predicted octanol–water partition coefficient (Wildman–Crippen LogP) is 4.22. The first-order valence-corrected chi connectivity index (χ1v) is 7.28. The molecule has 0 aromatic heterocycles. The Bertz CT molecular complexity index is 617. The van der Waals surface area contributed by atoms with E-state index in [1.807, 2.05) is 13.0 Å². The number of rotatable bonds is 2. The average Bonchev–Trinajstić information content (AvgIpc) is 2.37. The summed E-state index contributed by atoms with van der Waals surface area (Å²) in [7, 11) is -3.01. The number of halogens is 3. The van der Waals surface area contributed by atoms with Crippen molar-refractivity contribution in [3.63, 3.8) is 0 Å². The first kappa shape index (κ1) is 15.0. The lowest BCUT2D eigenvalue weighted by molar-refractivity contribution is -0.0384. The summed E-state index contributed by atoms with van der Waals surface area (Å²) in [6.45, 7) is 3.69. The fraction of sp³-hybridized carbons (Fsp3) is 0.357. The highest BCUT2D eigenvalue weighted by Gasteiger charge is 2.38. The molecular weight excluding hydrogens is 287 g/mol. The van der Waals surface area contributed by atoms with Gasteiger partial charge in [0.2, 0.25) is 0 Å². The van der Waals surface area contributed by atoms with Crippen LogP contribution in [0, 0.1) is 6.92 Å². The predicted molar refractivity (Wildman–Crippen MR) is 74.0 cm³/mol. The topological polar surface area (TPSA) is 29.4 Å². The van der Waals surface area contributed by atoms with E-state index in [2.05, 4.69) is 4.99 Å². The van der Waals surface area contributed by atoms with Crippen LogP contribution in [0.3, 0.4) is 0 Å². The van der Waals surface area contributed by atoms with Crippen molar-refractivity contribution >= 4 is 22.2 Å². The second kappa shape index (κ2) is 5.52. The Morgan fingerprint density at radius 2 is 1.95 bits per heavy atom. The molecule has 2 nitrogen and oxygen atoms in total. The van der Waals surface area contributed by atoms with Crippen LogP contribution in [0.4, 0.5) is 13.2 Å². The molecule has 108 valence electrons. The number of hydrogen-bond donors (Lipinski definition) is 0. The van der Waals surface area contributed by atoms with Crippen LogP contribution >= 0.6 is 0 Å². The van der Waals surface area contributed by atoms with Crippen LogP contribution in [0.5, 0.6) is 0 Å². The largest absolute Gasteiger partial charge is 0.475 e. The maximum Gasteiger partial charge on any atom is 0.475 e. The van der Waals surface area contributed by atoms with Gasteiger partial charge < -0.3 is 0 Å². The van der Waals surface area contributed by atoms with Crippen LogP contribution in [-0.2, 0) is 10.8 Å². The summed E-state index contributed by atoms with van der Waals surface area (Å²) in [5, 5.41) is 0. The van der Waals surface area contributed by atoms with Crippen LogP contribution in [0.25, 0.3) is 5.70 Å². The number of benzene rings is 1. The van der Waals surface area contributed by atoms with Gasteiger partial charge in [0.15, 0.2) is 10.8 Å². The molecular formula is C14H14F3NOS. The maximum atomic E-state index is 12.5. The van der Waals surface area contributed by atoms with E-state index in [0.717, 1.165) is 24.1 Å². The van der Waals surface area contributed by atoms with Gasteiger partial charge in [0.05, 0.1) is 5.70 Å². The lowest BCUT2D eigenvalue weighted by atomic mass is 10.0. The molecule has 2 rings (SSSR count). The second-order valence-corrected chi connectivity index (χ2v) is 6.14. The Morgan fingerprint density at radius 1 is 1.25 bits per heavy atom. The minimum Gasteiger partial charge on any atom is -0.258 e. The number of nitrogens with zero attached hydrogens (tertiary/aromatic N) is 1. The molecule has 0 N–H and O–H groups in total. The minimum absolute atomic E-state index is 0.238. The number of hydrogen-bond acceptors (Lipinski definition) is 2. The summed E-state index contributed by atoms with van der Waals surface area (Å²) in [4.78, 5) is 4.13. The molecule has 1 aromatic rings. The molecule has 0 aliphatic carbocycles. The summed E-state index contributed by atoms with van der Waals surface area (Å²) < 4.78 is 49.0. The van der Waals surface area contributed by atoms with Gasteiger partial charge in [-0.1, -0.05) is 12.1 Å². The molecule has 0 fully saturated rings. The van der Waals surface area contributed by atoms with Gasteiger partial charge in [-0.3, -0.25) is 4.99 Å². The molecule has 0 bridgehead atoms. The van der Waals surface area contributed by atoms with Crippen molar-refractivity contribution in [1.29, 1.82) is 0 Å². The smallest absolute Gasteiger partial charge is 0.258 e. The quantitative estimate of drug-likeness (QED) is 0.804. The van der Waals surface area contributed by atoms with Crippen LogP contribution in [-0.4, -0.2) is 15.4 Å². The van der Waals surface area contributed by atoms with Crippen molar-refractivity contribution in [2.45, 2.75) is 37.1 Å². The normalized spacial score (nSPS) is 17.4. The summed E-state index contributed by atoms with van der Waals surface area (Å²) in [6.07, 6.45) is 3.57. The zero-order valence-corrected chi connectivity index (χ0v) is 11.9. The highest BCUT2D eigenvalue weighted by molar-refractivity contribution is 7.86. The first-order valence-electron chi connectivity index (χ1n) is 6.13. The first-order chi connectivity index (χ1) is 9.29. The lowest BCUT2D eigenvalue weighted by Crippen LogP contribution is -2.16. The molecule has 1 aliphatic rings. The lowest BCUT2D eigenvalue weighted by Gasteiger charge is -2.14. The Balaban J connectivity index is 2.45. The van der Waals surface area contributed by atoms with Crippen molar-refractivity contribution in [3.05, 3.63) is 35.4 Å². The summed E-state index contributed by atoms with van der Waals surface area (Å²) in [6, 6.07) is 4.13. The van der Waals surface area contributed by atoms with Gasteiger partial charge in [-0.05, 0) is 44.4 Å². The Hall–Kier alpha value is -1.43. The molecule has 0 amide bonds. The van der Waals surface area contributed by atoms with Gasteiger partial charge in [-0.15, -0.1) is 0 Å². The van der Waals surface area contributed by atoms with Crippen molar-refractivity contribution in [3.8, 4) is 0 Å². The van der Waals surface area contributed by atoms with E-state index in [-0.39, 0.29) is 4.90 Å². The molecule has 1 aliphatic heterocycles. The van der Waals surface area contributed by atoms with E-state index in [9.17, 15) is 17.4 Å². The highest BCUT2D eigenvalue weighted by atomic mass is 32.2. The van der Waals surface area contributed by atoms with Crippen LogP contribution < -0.4 is 0 Å². The van der Waals surface area contributed by atoms with Gasteiger partial charge in [0.1, 0.15) is 0 Å². The van der Waals surface area contributed by atoms with E-state index in [1.165, 1.54) is 12.1 Å². The van der Waals surface area contributed by atoms with Crippen LogP contribution in [0.15, 0.2) is 34.2 Å². The molecule has 20 heavy (non-hydrogen) atoms. The van der Waals surface area contributed by atoms with E-state index in [0.29, 0.717) is 11.3 Å². The second-order valence-electron chi connectivity index (χ2n) is 4.67. The number of aryl methyl sites for hydroxylation is 1. The molecule has 1 aromatic carbocycles. The molecule has 1 atom stereocenters. The molecule has 1 unspecified atom stereocenters. The van der Waals surface area contributed by atoms with E-state index >= 15 is 0 Å². The molecule has 0 saturated heterocycles. The molecule has 6 heteroatoms. The van der Waals surface area contributed by atoms with Gasteiger partial charge in [-0.25, -0.2) is 4.21 Å². The molecule has 0 saturated carbocycles. The third kappa shape index (κ3) is 3.17. The van der Waals surface area contributed by atoms with Crippen molar-refractivity contribution in [2.75, 3.05) is 0 Å². The Labute approximate surface area is 117 Å². The Kier molecular flexibility index (Phi) is 4.13. The third-order valence-corrected chi connectivity index (χ3v) is 4.17. The summed E-state index contributed by atoms with van der Waals surface area (Å²) >= 11 is 0. The number of aliphatic imine (C=N–C) groups is 1. The Morgan fingerprint density at radius 3 is 2.55 bits per heavy atom. The van der Waals surface area contributed by atoms with Crippen LogP contribution in [0.1, 0.15) is 30.9 Å². The zero-order chi connectivity index (χ0) is 14.9. The minimum atomic E-state index is -4.74. The van der Waals surface area contributed by atoms with E-state index in [4.69, 9.17) is 0 Å². The van der Waals surface area contributed by atoms with E-state index < -0.39 is 16.3 Å². The fourth-order valence-electron chi connectivity index (χ4n) is 2.02. The van der Waals surface area contributed by atoms with Crippen LogP contribution in [0.2, 0.25) is 0 Å². The van der Waals surface area contributed by atoms with Gasteiger partial charge in [-0.2, -0.15) is 13.2 Å². The average molecular weight is 301 g/mol. The molecule has 0 spiro atoms. The standard InChI is InChI=1S/C14H14F3NOS/c1-9-6-7-11(20(19)14(15,16)17)8-12(9)13-5-3-4-10(2)18-13/h5-8H,3-4H2,1-2H3. The maximum absolute atomic E-state index is 12.5. The SMILES string of the molecule is CC1=NC(c2cc(S(=O)C(F)(F)F)ccc2C)=CCC1. The summed E-state index contributed by atoms with van der Waals surface area (Å²) in [5.74, 6) is 0. The number of alkyl halides is 3. The monoisotopic (exact) mass is 301 g/mol.